The first-order valence-electron chi connectivity index (χ1n) is 6.28. The summed E-state index contributed by atoms with van der Waals surface area (Å²) in [5.41, 5.74) is 0. The van der Waals surface area contributed by atoms with Gasteiger partial charge in [0.25, 0.3) is 0 Å². The number of aromatic nitrogens is 2. The molecule has 116 valence electrons. The van der Waals surface area contributed by atoms with Crippen LogP contribution in [0.2, 0.25) is 0 Å². The van der Waals surface area contributed by atoms with Crippen molar-refractivity contribution in [1.82, 2.24) is 20.0 Å². The van der Waals surface area contributed by atoms with Gasteiger partial charge in [-0.1, -0.05) is 0 Å². The van der Waals surface area contributed by atoms with Gasteiger partial charge in [0.15, 0.2) is 0 Å². The average molecular weight is 341 g/mol. The van der Waals surface area contributed by atoms with Crippen molar-refractivity contribution in [2.24, 2.45) is 0 Å². The third-order valence-electron chi connectivity index (χ3n) is 3.07. The van der Waals surface area contributed by atoms with Crippen molar-refractivity contribution in [3.63, 3.8) is 0 Å². The Balaban J connectivity index is 0.00000180. The molecular weight excluding hydrogens is 319 g/mol. The predicted molar refractivity (Wildman–Crippen MR) is 88.1 cm³/mol. The van der Waals surface area contributed by atoms with E-state index in [1.165, 1.54) is 0 Å². The lowest BCUT2D eigenvalue weighted by Gasteiger charge is -2.25. The molecule has 1 atom stereocenters. The van der Waals surface area contributed by atoms with Crippen LogP contribution in [0, 0.1) is 0 Å². The maximum atomic E-state index is 12.0. The molecule has 1 unspecified atom stereocenters. The normalized spacial score (nSPS) is 17.8. The fourth-order valence-corrected chi connectivity index (χ4v) is 2.88. The summed E-state index contributed by atoms with van der Waals surface area (Å²) in [6, 6.07) is 2.23. The molecule has 0 spiro atoms. The van der Waals surface area contributed by atoms with Crippen LogP contribution in [0.15, 0.2) is 18.5 Å². The minimum atomic E-state index is 0. The van der Waals surface area contributed by atoms with Gasteiger partial charge in [-0.2, -0.15) is 16.9 Å². The molecule has 0 aromatic carbocycles. The number of nitrogens with zero attached hydrogens (tertiary/aromatic N) is 3. The Bertz CT molecular complexity index is 372. The molecule has 1 fully saturated rings. The summed E-state index contributed by atoms with van der Waals surface area (Å²) in [5, 5.41) is 7.51. The van der Waals surface area contributed by atoms with E-state index in [4.69, 9.17) is 0 Å². The number of carbonyl (C=O) groups is 1. The Hall–Kier alpha value is -0.430. The van der Waals surface area contributed by atoms with Gasteiger partial charge in [0, 0.05) is 56.5 Å². The second-order valence-electron chi connectivity index (χ2n) is 4.51. The molecule has 1 amide bonds. The summed E-state index contributed by atoms with van der Waals surface area (Å²) in [6.45, 7) is 2.47. The van der Waals surface area contributed by atoms with E-state index < -0.39 is 0 Å². The molecule has 5 nitrogen and oxygen atoms in total. The number of amides is 1. The molecule has 0 radical (unpaired) electrons. The van der Waals surface area contributed by atoms with Crippen LogP contribution in [0.3, 0.4) is 0 Å². The number of likely N-dealkylation sites (N-methyl/N-ethyl adjacent to an activating group) is 1. The lowest BCUT2D eigenvalue weighted by atomic mass is 10.2. The van der Waals surface area contributed by atoms with E-state index in [0.717, 1.165) is 24.6 Å². The highest BCUT2D eigenvalue weighted by molar-refractivity contribution is 7.99. The van der Waals surface area contributed by atoms with Gasteiger partial charge in [0.2, 0.25) is 5.91 Å². The zero-order valence-corrected chi connectivity index (χ0v) is 14.0. The summed E-state index contributed by atoms with van der Waals surface area (Å²) in [4.78, 5) is 13.8. The van der Waals surface area contributed by atoms with Crippen molar-refractivity contribution in [1.29, 1.82) is 0 Å². The molecule has 1 aliphatic rings. The van der Waals surface area contributed by atoms with Crippen molar-refractivity contribution in [2.45, 2.75) is 19.0 Å². The molecular formula is C12H22Cl2N4OS. The summed E-state index contributed by atoms with van der Waals surface area (Å²) < 4.78 is 1.85. The molecule has 0 bridgehead atoms. The number of halogens is 2. The molecule has 2 heterocycles. The van der Waals surface area contributed by atoms with Crippen LogP contribution in [0.1, 0.15) is 6.42 Å². The fourth-order valence-electron chi connectivity index (χ4n) is 1.93. The lowest BCUT2D eigenvalue weighted by molar-refractivity contribution is -0.130. The van der Waals surface area contributed by atoms with E-state index in [1.807, 2.05) is 35.8 Å². The van der Waals surface area contributed by atoms with E-state index in [1.54, 1.807) is 11.1 Å². The smallest absolute Gasteiger partial charge is 0.223 e. The van der Waals surface area contributed by atoms with Crippen molar-refractivity contribution in [3.8, 4) is 0 Å². The second kappa shape index (κ2) is 10.3. The Morgan fingerprint density at radius 1 is 1.55 bits per heavy atom. The minimum absolute atomic E-state index is 0. The summed E-state index contributed by atoms with van der Waals surface area (Å²) >= 11 is 1.92. The number of nitrogens with one attached hydrogen (secondary N) is 1. The highest BCUT2D eigenvalue weighted by atomic mass is 35.5. The number of thioether (sulfide) groups is 1. The Morgan fingerprint density at radius 3 is 2.95 bits per heavy atom. The van der Waals surface area contributed by atoms with Gasteiger partial charge in [-0.3, -0.25) is 9.48 Å². The van der Waals surface area contributed by atoms with Crippen molar-refractivity contribution >= 4 is 42.5 Å². The number of hydrogen-bond acceptors (Lipinski definition) is 4. The quantitative estimate of drug-likeness (QED) is 0.877. The minimum Gasteiger partial charge on any atom is -0.344 e. The first-order valence-corrected chi connectivity index (χ1v) is 7.43. The van der Waals surface area contributed by atoms with Crippen LogP contribution in [0.4, 0.5) is 0 Å². The van der Waals surface area contributed by atoms with Gasteiger partial charge in [-0.25, -0.2) is 0 Å². The van der Waals surface area contributed by atoms with Crippen molar-refractivity contribution in [3.05, 3.63) is 18.5 Å². The Morgan fingerprint density at radius 2 is 2.35 bits per heavy atom. The SMILES string of the molecule is CN(CCn1cccn1)C(=O)CC1CSCCN1.Cl.Cl. The summed E-state index contributed by atoms with van der Waals surface area (Å²) in [5.74, 6) is 2.40. The maximum absolute atomic E-state index is 12.0. The number of carbonyl (C=O) groups excluding carboxylic acids is 1. The van der Waals surface area contributed by atoms with Crippen molar-refractivity contribution in [2.75, 3.05) is 31.6 Å². The topological polar surface area (TPSA) is 50.2 Å². The predicted octanol–water partition coefficient (Wildman–Crippen LogP) is 1.28. The van der Waals surface area contributed by atoms with E-state index >= 15 is 0 Å². The summed E-state index contributed by atoms with van der Waals surface area (Å²) in [7, 11) is 1.86. The molecule has 0 saturated carbocycles. The largest absolute Gasteiger partial charge is 0.344 e. The first kappa shape index (κ1) is 19.6. The summed E-state index contributed by atoms with van der Waals surface area (Å²) in [6.07, 6.45) is 4.27. The Kier molecular flexibility index (Phi) is 10.1. The van der Waals surface area contributed by atoms with Gasteiger partial charge in [0.1, 0.15) is 0 Å². The molecule has 1 saturated heterocycles. The zero-order valence-electron chi connectivity index (χ0n) is 11.5. The molecule has 2 rings (SSSR count). The second-order valence-corrected chi connectivity index (χ2v) is 5.66. The molecule has 1 N–H and O–H groups in total. The van der Waals surface area contributed by atoms with Crippen LogP contribution >= 0.6 is 36.6 Å². The third-order valence-corrected chi connectivity index (χ3v) is 4.20. The first-order chi connectivity index (χ1) is 8.75. The lowest BCUT2D eigenvalue weighted by Crippen LogP contribution is -2.42. The van der Waals surface area contributed by atoms with E-state index in [-0.39, 0.29) is 30.7 Å². The highest BCUT2D eigenvalue weighted by Gasteiger charge is 2.18. The Labute approximate surface area is 136 Å². The van der Waals surface area contributed by atoms with Gasteiger partial charge >= 0.3 is 0 Å². The van der Waals surface area contributed by atoms with Crippen LogP contribution < -0.4 is 5.32 Å². The molecule has 1 aromatic heterocycles. The molecule has 1 aliphatic heterocycles. The number of rotatable bonds is 5. The maximum Gasteiger partial charge on any atom is 0.223 e. The van der Waals surface area contributed by atoms with E-state index in [0.29, 0.717) is 19.0 Å². The molecule has 1 aromatic rings. The van der Waals surface area contributed by atoms with Crippen LogP contribution in [0.5, 0.6) is 0 Å². The number of hydrogen-bond donors (Lipinski definition) is 1. The van der Waals surface area contributed by atoms with E-state index in [2.05, 4.69) is 10.4 Å². The van der Waals surface area contributed by atoms with Gasteiger partial charge in [0.05, 0.1) is 6.54 Å². The van der Waals surface area contributed by atoms with Crippen LogP contribution in [0.25, 0.3) is 0 Å². The zero-order chi connectivity index (χ0) is 12.8. The van der Waals surface area contributed by atoms with Gasteiger partial charge in [-0.15, -0.1) is 24.8 Å². The van der Waals surface area contributed by atoms with Crippen molar-refractivity contribution < 1.29 is 4.79 Å². The standard InChI is InChI=1S/C12H20N4OS.2ClH/c1-15(6-7-16-5-2-3-14-16)12(17)9-11-10-18-8-4-13-11;;/h2-3,5,11,13H,4,6-10H2,1H3;2*1H. The van der Waals surface area contributed by atoms with Gasteiger partial charge in [-0.05, 0) is 6.07 Å². The molecule has 8 heteroatoms. The average Bonchev–Trinajstić information content (AvgIpc) is 2.90. The fraction of sp³-hybridized carbons (Fsp3) is 0.667. The van der Waals surface area contributed by atoms with Crippen LogP contribution in [-0.4, -0.2) is 58.3 Å². The molecule has 0 aliphatic carbocycles. The third kappa shape index (κ3) is 6.35. The van der Waals surface area contributed by atoms with Crippen LogP contribution in [-0.2, 0) is 11.3 Å². The van der Waals surface area contributed by atoms with Gasteiger partial charge < -0.3 is 10.2 Å². The monoisotopic (exact) mass is 340 g/mol. The highest BCUT2D eigenvalue weighted by Crippen LogP contribution is 2.11. The molecule has 20 heavy (non-hydrogen) atoms. The van der Waals surface area contributed by atoms with E-state index in [9.17, 15) is 4.79 Å².